The van der Waals surface area contributed by atoms with Gasteiger partial charge in [0.15, 0.2) is 0 Å². The summed E-state index contributed by atoms with van der Waals surface area (Å²) in [5.41, 5.74) is 1.63. The maximum atomic E-state index is 14.6. The van der Waals surface area contributed by atoms with Crippen molar-refractivity contribution in [2.45, 2.75) is 51.6 Å². The number of hydrogen-bond donors (Lipinski definition) is 1. The van der Waals surface area contributed by atoms with Crippen LogP contribution in [0.1, 0.15) is 31.4 Å². The van der Waals surface area contributed by atoms with Gasteiger partial charge in [0.25, 0.3) is 0 Å². The van der Waals surface area contributed by atoms with Crippen molar-refractivity contribution in [1.29, 1.82) is 0 Å². The molecule has 29 heavy (non-hydrogen) atoms. The van der Waals surface area contributed by atoms with Gasteiger partial charge in [-0.15, -0.1) is 0 Å². The predicted molar refractivity (Wildman–Crippen MR) is 109 cm³/mol. The van der Waals surface area contributed by atoms with Gasteiger partial charge in [0.1, 0.15) is 17.7 Å². The highest BCUT2D eigenvalue weighted by Gasteiger charge is 2.33. The molecule has 0 spiro atoms. The molecule has 1 amide bonds. The lowest BCUT2D eigenvalue weighted by molar-refractivity contribution is -0.135. The summed E-state index contributed by atoms with van der Waals surface area (Å²) < 4.78 is 33.5. The number of hydrogen-bond acceptors (Lipinski definition) is 3. The smallest absolute Gasteiger partial charge is 0.227 e. The molecular weight excluding hydrogens is 374 g/mol. The summed E-state index contributed by atoms with van der Waals surface area (Å²) in [7, 11) is 0. The summed E-state index contributed by atoms with van der Waals surface area (Å²) in [5, 5.41) is 3.02. The molecule has 2 aromatic carbocycles. The van der Waals surface area contributed by atoms with E-state index in [2.05, 4.69) is 5.32 Å². The second kappa shape index (κ2) is 9.83. The summed E-state index contributed by atoms with van der Waals surface area (Å²) in [6, 6.07) is 12.9. The number of benzene rings is 2. The molecule has 4 nitrogen and oxygen atoms in total. The second-order valence-corrected chi connectivity index (χ2v) is 7.71. The van der Waals surface area contributed by atoms with Crippen LogP contribution in [-0.4, -0.2) is 42.2 Å². The zero-order valence-corrected chi connectivity index (χ0v) is 16.9. The first-order valence-corrected chi connectivity index (χ1v) is 10.1. The van der Waals surface area contributed by atoms with E-state index in [1.165, 1.54) is 12.1 Å². The number of amides is 1. The van der Waals surface area contributed by atoms with Gasteiger partial charge in [0, 0.05) is 13.1 Å². The van der Waals surface area contributed by atoms with E-state index in [9.17, 15) is 13.6 Å². The molecule has 156 valence electrons. The van der Waals surface area contributed by atoms with Gasteiger partial charge in [0.2, 0.25) is 5.91 Å². The van der Waals surface area contributed by atoms with E-state index in [1.807, 2.05) is 38.1 Å². The average molecular weight is 402 g/mol. The highest BCUT2D eigenvalue weighted by molar-refractivity contribution is 5.79. The summed E-state index contributed by atoms with van der Waals surface area (Å²) in [6.07, 6.45) is -0.320. The molecule has 0 bridgehead atoms. The van der Waals surface area contributed by atoms with E-state index in [4.69, 9.17) is 4.74 Å². The minimum absolute atomic E-state index is 0.0788. The number of carbonyl (C=O) groups is 1. The van der Waals surface area contributed by atoms with Crippen LogP contribution in [0, 0.1) is 5.82 Å². The molecule has 0 saturated carbocycles. The van der Waals surface area contributed by atoms with E-state index in [0.29, 0.717) is 13.0 Å². The Kier molecular flexibility index (Phi) is 7.20. The molecule has 1 aliphatic heterocycles. The molecule has 1 aliphatic rings. The van der Waals surface area contributed by atoms with Crippen LogP contribution in [0.25, 0.3) is 0 Å². The molecular formula is C23H28F2N2O2. The third kappa shape index (κ3) is 6.00. The van der Waals surface area contributed by atoms with Crippen LogP contribution in [0.4, 0.5) is 8.78 Å². The summed E-state index contributed by atoms with van der Waals surface area (Å²) in [5.74, 6) is 0.281. The molecule has 1 fully saturated rings. The average Bonchev–Trinajstić information content (AvgIpc) is 2.69. The first kappa shape index (κ1) is 21.2. The highest BCUT2D eigenvalue weighted by atomic mass is 19.1. The van der Waals surface area contributed by atoms with Gasteiger partial charge in [0.05, 0.1) is 18.6 Å². The molecule has 1 saturated heterocycles. The Morgan fingerprint density at radius 1 is 1.14 bits per heavy atom. The van der Waals surface area contributed by atoms with Crippen molar-refractivity contribution in [3.63, 3.8) is 0 Å². The molecule has 0 unspecified atom stereocenters. The molecule has 3 rings (SSSR count). The van der Waals surface area contributed by atoms with Crippen molar-refractivity contribution in [2.75, 3.05) is 13.1 Å². The minimum atomic E-state index is -1.13. The summed E-state index contributed by atoms with van der Waals surface area (Å²) in [6.45, 7) is 5.08. The lowest BCUT2D eigenvalue weighted by Gasteiger charge is -2.37. The monoisotopic (exact) mass is 402 g/mol. The SMILES string of the molecule is CC(C)Oc1ccc(CC(=O)N(Cc2ccc(F)cc2)[C@H]2CCNC[C@H]2F)cc1. The van der Waals surface area contributed by atoms with Crippen LogP contribution >= 0.6 is 0 Å². The van der Waals surface area contributed by atoms with Crippen molar-refractivity contribution in [3.8, 4) is 5.75 Å². The van der Waals surface area contributed by atoms with Gasteiger partial charge in [-0.2, -0.15) is 0 Å². The van der Waals surface area contributed by atoms with E-state index >= 15 is 0 Å². The van der Waals surface area contributed by atoms with E-state index in [0.717, 1.165) is 16.9 Å². The van der Waals surface area contributed by atoms with Crippen molar-refractivity contribution < 1.29 is 18.3 Å². The first-order valence-electron chi connectivity index (χ1n) is 10.1. The number of nitrogens with zero attached hydrogens (tertiary/aromatic N) is 1. The second-order valence-electron chi connectivity index (χ2n) is 7.71. The third-order valence-electron chi connectivity index (χ3n) is 5.01. The van der Waals surface area contributed by atoms with Crippen LogP contribution in [0.5, 0.6) is 5.75 Å². The lowest BCUT2D eigenvalue weighted by Crippen LogP contribution is -2.53. The minimum Gasteiger partial charge on any atom is -0.491 e. The molecule has 2 aromatic rings. The van der Waals surface area contributed by atoms with Crippen LogP contribution in [0.2, 0.25) is 0 Å². The van der Waals surface area contributed by atoms with Crippen LogP contribution in [0.3, 0.4) is 0 Å². The molecule has 0 radical (unpaired) electrons. The molecule has 0 aromatic heterocycles. The summed E-state index contributed by atoms with van der Waals surface area (Å²) in [4.78, 5) is 14.7. The van der Waals surface area contributed by atoms with E-state index in [1.54, 1.807) is 17.0 Å². The number of halogens is 2. The molecule has 2 atom stereocenters. The van der Waals surface area contributed by atoms with Crippen molar-refractivity contribution >= 4 is 5.91 Å². The maximum Gasteiger partial charge on any atom is 0.227 e. The lowest BCUT2D eigenvalue weighted by atomic mass is 10.0. The highest BCUT2D eigenvalue weighted by Crippen LogP contribution is 2.21. The standard InChI is InChI=1S/C23H28F2N2O2/c1-16(2)29-20-9-5-17(6-10-20)13-23(28)27(22-11-12-26-14-21(22)25)15-18-3-7-19(24)8-4-18/h3-10,16,21-22,26H,11-15H2,1-2H3/t21-,22+/m1/s1. The van der Waals surface area contributed by atoms with E-state index in [-0.39, 0.29) is 37.3 Å². The third-order valence-corrected chi connectivity index (χ3v) is 5.01. The number of piperidine rings is 1. The number of carbonyl (C=O) groups excluding carboxylic acids is 1. The summed E-state index contributed by atoms with van der Waals surface area (Å²) >= 11 is 0. The number of ether oxygens (including phenoxy) is 1. The Hall–Kier alpha value is -2.47. The van der Waals surface area contributed by atoms with Gasteiger partial charge in [-0.25, -0.2) is 8.78 Å². The Morgan fingerprint density at radius 2 is 1.79 bits per heavy atom. The largest absolute Gasteiger partial charge is 0.491 e. The number of nitrogens with one attached hydrogen (secondary N) is 1. The normalized spacial score (nSPS) is 19.2. The zero-order valence-electron chi connectivity index (χ0n) is 16.9. The van der Waals surface area contributed by atoms with Gasteiger partial charge >= 0.3 is 0 Å². The van der Waals surface area contributed by atoms with Crippen molar-refractivity contribution in [3.05, 3.63) is 65.5 Å². The quantitative estimate of drug-likeness (QED) is 0.764. The molecule has 6 heteroatoms. The van der Waals surface area contributed by atoms with Crippen LogP contribution in [0.15, 0.2) is 48.5 Å². The van der Waals surface area contributed by atoms with Crippen molar-refractivity contribution in [2.24, 2.45) is 0 Å². The zero-order chi connectivity index (χ0) is 20.8. The predicted octanol–water partition coefficient (Wildman–Crippen LogP) is 3.88. The topological polar surface area (TPSA) is 41.6 Å². The van der Waals surface area contributed by atoms with Crippen LogP contribution in [-0.2, 0) is 17.8 Å². The maximum absolute atomic E-state index is 14.6. The van der Waals surface area contributed by atoms with Gasteiger partial charge < -0.3 is 15.0 Å². The fraction of sp³-hybridized carbons (Fsp3) is 0.435. The number of rotatable bonds is 7. The Bertz CT molecular complexity index is 794. The molecule has 1 N–H and O–H groups in total. The van der Waals surface area contributed by atoms with Crippen molar-refractivity contribution in [1.82, 2.24) is 10.2 Å². The fourth-order valence-electron chi connectivity index (χ4n) is 3.57. The molecule has 0 aliphatic carbocycles. The van der Waals surface area contributed by atoms with Gasteiger partial charge in [-0.05, 0) is 62.2 Å². The fourth-order valence-corrected chi connectivity index (χ4v) is 3.57. The number of alkyl halides is 1. The van der Waals surface area contributed by atoms with E-state index < -0.39 is 12.2 Å². The first-order chi connectivity index (χ1) is 13.9. The Morgan fingerprint density at radius 3 is 2.41 bits per heavy atom. The Labute approximate surface area is 170 Å². The Balaban J connectivity index is 1.75. The molecule has 1 heterocycles. The van der Waals surface area contributed by atoms with Crippen LogP contribution < -0.4 is 10.1 Å². The van der Waals surface area contributed by atoms with Gasteiger partial charge in [-0.1, -0.05) is 24.3 Å². The van der Waals surface area contributed by atoms with Gasteiger partial charge in [-0.3, -0.25) is 4.79 Å².